The van der Waals surface area contributed by atoms with Crippen molar-refractivity contribution in [2.75, 3.05) is 26.2 Å². The van der Waals surface area contributed by atoms with Gasteiger partial charge in [0.2, 0.25) is 0 Å². The molecule has 3 rings (SSSR count). The number of hydrogen-bond donors (Lipinski definition) is 1. The maximum atomic E-state index is 12.6. The molecule has 0 radical (unpaired) electrons. The lowest BCUT2D eigenvalue weighted by Crippen LogP contribution is -2.55. The van der Waals surface area contributed by atoms with Crippen LogP contribution in [-0.4, -0.2) is 48.1 Å². The second-order valence-corrected chi connectivity index (χ2v) is 5.74. The number of carbonyl (C=O) groups excluding carboxylic acids is 1. The Labute approximate surface area is 160 Å². The minimum atomic E-state index is -0.119. The van der Waals surface area contributed by atoms with Crippen LogP contribution in [0.3, 0.4) is 0 Å². The highest BCUT2D eigenvalue weighted by Gasteiger charge is 2.29. The van der Waals surface area contributed by atoms with Gasteiger partial charge in [0.1, 0.15) is 12.4 Å². The van der Waals surface area contributed by atoms with E-state index in [9.17, 15) is 4.79 Å². The molecule has 1 amide bonds. The minimum absolute atomic E-state index is 0. The predicted molar refractivity (Wildman–Crippen MR) is 98.3 cm³/mol. The number of nitrogens with zero attached hydrogens (tertiary/aromatic N) is 2. The van der Waals surface area contributed by atoms with Crippen molar-refractivity contribution in [1.29, 1.82) is 0 Å². The van der Waals surface area contributed by atoms with E-state index in [-0.39, 0.29) is 36.8 Å². The van der Waals surface area contributed by atoms with Crippen LogP contribution in [-0.2, 0) is 0 Å². The Morgan fingerprint density at radius 2 is 2.25 bits per heavy atom. The molecular formula is C15H18BrCl2N3O3. The van der Waals surface area contributed by atoms with Crippen molar-refractivity contribution in [3.63, 3.8) is 0 Å². The van der Waals surface area contributed by atoms with E-state index in [4.69, 9.17) is 9.15 Å². The molecule has 2 aromatic heterocycles. The number of amides is 1. The van der Waals surface area contributed by atoms with Gasteiger partial charge in [-0.05, 0) is 40.2 Å². The van der Waals surface area contributed by atoms with Gasteiger partial charge in [-0.1, -0.05) is 0 Å². The second kappa shape index (κ2) is 9.88. The molecule has 2 aromatic rings. The van der Waals surface area contributed by atoms with Crippen molar-refractivity contribution in [2.45, 2.75) is 6.04 Å². The first kappa shape index (κ1) is 20.8. The van der Waals surface area contributed by atoms with Crippen LogP contribution >= 0.6 is 40.7 Å². The van der Waals surface area contributed by atoms with Crippen LogP contribution in [0.15, 0.2) is 45.7 Å². The van der Waals surface area contributed by atoms with E-state index in [1.165, 1.54) is 0 Å². The second-order valence-electron chi connectivity index (χ2n) is 4.96. The lowest BCUT2D eigenvalue weighted by molar-refractivity contribution is 0.0527. The molecule has 1 atom stereocenters. The van der Waals surface area contributed by atoms with Crippen molar-refractivity contribution < 1.29 is 13.9 Å². The number of nitrogens with one attached hydrogen (secondary N) is 1. The summed E-state index contributed by atoms with van der Waals surface area (Å²) in [6.07, 6.45) is 3.35. The van der Waals surface area contributed by atoms with Crippen LogP contribution in [0.1, 0.15) is 10.6 Å². The Morgan fingerprint density at radius 1 is 1.42 bits per heavy atom. The molecule has 1 aliphatic rings. The van der Waals surface area contributed by atoms with E-state index in [2.05, 4.69) is 26.2 Å². The van der Waals surface area contributed by atoms with Crippen molar-refractivity contribution >= 4 is 46.7 Å². The van der Waals surface area contributed by atoms with Crippen molar-refractivity contribution in [1.82, 2.24) is 15.2 Å². The molecule has 1 N–H and O–H groups in total. The van der Waals surface area contributed by atoms with E-state index < -0.39 is 0 Å². The predicted octanol–water partition coefficient (Wildman–Crippen LogP) is 2.77. The maximum Gasteiger partial charge on any atom is 0.290 e. The fraction of sp³-hybridized carbons (Fsp3) is 0.333. The van der Waals surface area contributed by atoms with Gasteiger partial charge in [-0.25, -0.2) is 0 Å². The molecule has 6 nitrogen and oxygen atoms in total. The van der Waals surface area contributed by atoms with Gasteiger partial charge in [0, 0.05) is 25.8 Å². The fourth-order valence-electron chi connectivity index (χ4n) is 2.37. The summed E-state index contributed by atoms with van der Waals surface area (Å²) in [5, 5.41) is 3.28. The Hall–Kier alpha value is -1.28. The Balaban J connectivity index is 0.00000144. The number of rotatable bonds is 4. The van der Waals surface area contributed by atoms with E-state index in [1.807, 2.05) is 12.1 Å². The van der Waals surface area contributed by atoms with E-state index in [0.29, 0.717) is 35.9 Å². The molecule has 0 aliphatic carbocycles. The van der Waals surface area contributed by atoms with Crippen LogP contribution in [0.25, 0.3) is 0 Å². The van der Waals surface area contributed by atoms with Crippen molar-refractivity contribution in [2.24, 2.45) is 0 Å². The number of furan rings is 1. The number of ether oxygens (including phenoxy) is 1. The highest BCUT2D eigenvalue weighted by molar-refractivity contribution is 9.10. The smallest absolute Gasteiger partial charge is 0.290 e. The Kier molecular flexibility index (Phi) is 8.55. The first-order chi connectivity index (χ1) is 10.7. The normalized spacial score (nSPS) is 16.7. The Bertz CT molecular complexity index is 642. The summed E-state index contributed by atoms with van der Waals surface area (Å²) in [6, 6.07) is 7.01. The number of hydrogen-bond acceptors (Lipinski definition) is 5. The third-order valence-electron chi connectivity index (χ3n) is 3.47. The molecule has 1 aliphatic heterocycles. The summed E-state index contributed by atoms with van der Waals surface area (Å²) in [5.74, 6) is 0.911. The molecule has 0 saturated carbocycles. The first-order valence-corrected chi connectivity index (χ1v) is 7.83. The zero-order valence-corrected chi connectivity index (χ0v) is 15.9. The molecule has 0 spiro atoms. The highest BCUT2D eigenvalue weighted by atomic mass is 79.9. The number of aromatic nitrogens is 1. The molecule has 0 aromatic carbocycles. The fourth-order valence-corrected chi connectivity index (χ4v) is 2.68. The molecule has 1 fully saturated rings. The summed E-state index contributed by atoms with van der Waals surface area (Å²) in [5.41, 5.74) is 0. The van der Waals surface area contributed by atoms with Crippen LogP contribution in [0.5, 0.6) is 5.75 Å². The maximum absolute atomic E-state index is 12.6. The van der Waals surface area contributed by atoms with Crippen LogP contribution in [0.2, 0.25) is 0 Å². The monoisotopic (exact) mass is 437 g/mol. The Morgan fingerprint density at radius 3 is 2.92 bits per heavy atom. The largest absolute Gasteiger partial charge is 0.490 e. The average Bonchev–Trinajstić information content (AvgIpc) is 3.00. The zero-order valence-electron chi connectivity index (χ0n) is 12.7. The van der Waals surface area contributed by atoms with Crippen LogP contribution in [0.4, 0.5) is 0 Å². The zero-order chi connectivity index (χ0) is 15.4. The van der Waals surface area contributed by atoms with Crippen molar-refractivity contribution in [3.05, 3.63) is 47.1 Å². The molecule has 1 unspecified atom stereocenters. The van der Waals surface area contributed by atoms with Gasteiger partial charge in [-0.2, -0.15) is 0 Å². The topological polar surface area (TPSA) is 67.6 Å². The van der Waals surface area contributed by atoms with Gasteiger partial charge in [-0.3, -0.25) is 9.78 Å². The molecule has 132 valence electrons. The van der Waals surface area contributed by atoms with Gasteiger partial charge in [0.15, 0.2) is 10.4 Å². The highest BCUT2D eigenvalue weighted by Crippen LogP contribution is 2.18. The SMILES string of the molecule is Cl.Cl.O=C(c1ccc(Br)o1)N1CCNCC1COc1cccnc1. The third kappa shape index (κ3) is 5.11. The van der Waals surface area contributed by atoms with Crippen LogP contribution < -0.4 is 10.1 Å². The van der Waals surface area contributed by atoms with Gasteiger partial charge in [0.05, 0.1) is 12.2 Å². The van der Waals surface area contributed by atoms with Crippen molar-refractivity contribution in [3.8, 4) is 5.75 Å². The minimum Gasteiger partial charge on any atom is -0.490 e. The lowest BCUT2D eigenvalue weighted by Gasteiger charge is -2.35. The van der Waals surface area contributed by atoms with Gasteiger partial charge < -0.3 is 19.4 Å². The summed E-state index contributed by atoms with van der Waals surface area (Å²) >= 11 is 3.22. The lowest BCUT2D eigenvalue weighted by atomic mass is 10.2. The third-order valence-corrected chi connectivity index (χ3v) is 3.90. The number of halogens is 3. The molecule has 9 heteroatoms. The van der Waals surface area contributed by atoms with E-state index in [1.54, 1.807) is 29.4 Å². The number of pyridine rings is 1. The summed E-state index contributed by atoms with van der Waals surface area (Å²) in [7, 11) is 0. The van der Waals surface area contributed by atoms with Gasteiger partial charge in [-0.15, -0.1) is 24.8 Å². The van der Waals surface area contributed by atoms with E-state index >= 15 is 0 Å². The first-order valence-electron chi connectivity index (χ1n) is 7.04. The van der Waals surface area contributed by atoms with E-state index in [0.717, 1.165) is 6.54 Å². The van der Waals surface area contributed by atoms with Crippen LogP contribution in [0, 0.1) is 0 Å². The van der Waals surface area contributed by atoms with Gasteiger partial charge in [0.25, 0.3) is 5.91 Å². The molecule has 3 heterocycles. The quantitative estimate of drug-likeness (QED) is 0.794. The summed E-state index contributed by atoms with van der Waals surface area (Å²) in [6.45, 7) is 2.48. The summed E-state index contributed by atoms with van der Waals surface area (Å²) in [4.78, 5) is 18.4. The molecule has 24 heavy (non-hydrogen) atoms. The summed E-state index contributed by atoms with van der Waals surface area (Å²) < 4.78 is 11.6. The molecule has 0 bridgehead atoms. The number of carbonyl (C=O) groups is 1. The molecular weight excluding hydrogens is 421 g/mol. The number of piperazine rings is 1. The standard InChI is InChI=1S/C15H16BrN3O3.2ClH/c16-14-4-3-13(22-14)15(20)19-7-6-18-8-11(19)10-21-12-2-1-5-17-9-12;;/h1-5,9,11,18H,6-8,10H2;2*1H. The van der Waals surface area contributed by atoms with Gasteiger partial charge >= 0.3 is 0 Å². The molecule has 1 saturated heterocycles. The average molecular weight is 439 g/mol.